The molecular formula is C19H18N2O3. The van der Waals surface area contributed by atoms with Gasteiger partial charge >= 0.3 is 6.03 Å². The van der Waals surface area contributed by atoms with E-state index in [9.17, 15) is 9.59 Å². The van der Waals surface area contributed by atoms with Crippen LogP contribution in [0.3, 0.4) is 0 Å². The average molecular weight is 322 g/mol. The van der Waals surface area contributed by atoms with Crippen molar-refractivity contribution in [2.45, 2.75) is 19.9 Å². The number of Topliss-reactive ketones (excluding diaryl/α,β-unsaturated/α-hetero) is 1. The maximum Gasteiger partial charge on any atom is 0.319 e. The molecule has 0 saturated heterocycles. The van der Waals surface area contributed by atoms with Gasteiger partial charge in [-0.3, -0.25) is 4.79 Å². The summed E-state index contributed by atoms with van der Waals surface area (Å²) in [6.45, 7) is 3.22. The fourth-order valence-corrected chi connectivity index (χ4v) is 2.79. The summed E-state index contributed by atoms with van der Waals surface area (Å²) < 4.78 is 5.83. The molecular weight excluding hydrogens is 304 g/mol. The lowest BCUT2D eigenvalue weighted by Crippen LogP contribution is -2.44. The number of para-hydroxylation sites is 1. The SMILES string of the molecule is CC(=O)C1=C(C)NC(=O)N[C@H]1c1cccc(Oc2ccccc2)c1. The Balaban J connectivity index is 1.94. The van der Waals surface area contributed by atoms with Gasteiger partial charge in [-0.1, -0.05) is 30.3 Å². The van der Waals surface area contributed by atoms with E-state index in [-0.39, 0.29) is 11.8 Å². The first-order chi connectivity index (χ1) is 11.5. The number of ketones is 1. The van der Waals surface area contributed by atoms with E-state index in [1.54, 1.807) is 6.92 Å². The maximum atomic E-state index is 12.0. The van der Waals surface area contributed by atoms with Gasteiger partial charge in [0.25, 0.3) is 0 Å². The Morgan fingerprint density at radius 2 is 1.75 bits per heavy atom. The molecule has 5 nitrogen and oxygen atoms in total. The monoisotopic (exact) mass is 322 g/mol. The zero-order chi connectivity index (χ0) is 17.1. The number of ether oxygens (including phenoxy) is 1. The van der Waals surface area contributed by atoms with Crippen molar-refractivity contribution in [2.75, 3.05) is 0 Å². The van der Waals surface area contributed by atoms with Crippen LogP contribution in [-0.4, -0.2) is 11.8 Å². The predicted octanol–water partition coefficient (Wildman–Crippen LogP) is 3.70. The predicted molar refractivity (Wildman–Crippen MR) is 90.7 cm³/mol. The number of nitrogens with one attached hydrogen (secondary N) is 2. The maximum absolute atomic E-state index is 12.0. The van der Waals surface area contributed by atoms with E-state index >= 15 is 0 Å². The molecule has 122 valence electrons. The van der Waals surface area contributed by atoms with Crippen LogP contribution < -0.4 is 15.4 Å². The van der Waals surface area contributed by atoms with Crippen LogP contribution in [0.15, 0.2) is 65.9 Å². The third kappa shape index (κ3) is 3.30. The van der Waals surface area contributed by atoms with E-state index in [0.717, 1.165) is 11.3 Å². The van der Waals surface area contributed by atoms with E-state index in [1.165, 1.54) is 6.92 Å². The molecule has 0 fully saturated rings. The standard InChI is InChI=1S/C19H18N2O3/c1-12-17(13(2)22)18(21-19(23)20-12)14-7-6-10-16(11-14)24-15-8-4-3-5-9-15/h3-11,18H,1-2H3,(H2,20,21,23)/t18-/m0/s1. The number of rotatable bonds is 4. The van der Waals surface area contributed by atoms with Gasteiger partial charge in [0.15, 0.2) is 5.78 Å². The molecule has 0 spiro atoms. The first-order valence-corrected chi connectivity index (χ1v) is 7.66. The molecule has 0 bridgehead atoms. The van der Waals surface area contributed by atoms with E-state index in [1.807, 2.05) is 54.6 Å². The highest BCUT2D eigenvalue weighted by Gasteiger charge is 2.29. The molecule has 0 unspecified atom stereocenters. The van der Waals surface area contributed by atoms with Crippen molar-refractivity contribution in [1.82, 2.24) is 10.6 Å². The van der Waals surface area contributed by atoms with Crippen molar-refractivity contribution in [3.63, 3.8) is 0 Å². The quantitative estimate of drug-likeness (QED) is 0.902. The Kier molecular flexibility index (Phi) is 4.33. The lowest BCUT2D eigenvalue weighted by molar-refractivity contribution is -0.114. The summed E-state index contributed by atoms with van der Waals surface area (Å²) in [5, 5.41) is 5.44. The van der Waals surface area contributed by atoms with Crippen molar-refractivity contribution in [1.29, 1.82) is 0 Å². The topological polar surface area (TPSA) is 67.4 Å². The Hall–Kier alpha value is -3.08. The second-order valence-corrected chi connectivity index (χ2v) is 5.61. The molecule has 0 radical (unpaired) electrons. The van der Waals surface area contributed by atoms with Gasteiger partial charge in [0, 0.05) is 11.3 Å². The molecule has 0 aromatic heterocycles. The van der Waals surface area contributed by atoms with Crippen molar-refractivity contribution < 1.29 is 14.3 Å². The van der Waals surface area contributed by atoms with E-state index in [2.05, 4.69) is 10.6 Å². The molecule has 2 aromatic carbocycles. The van der Waals surface area contributed by atoms with Crippen LogP contribution in [-0.2, 0) is 4.79 Å². The molecule has 2 amide bonds. The number of hydrogen-bond donors (Lipinski definition) is 2. The third-order valence-corrected chi connectivity index (χ3v) is 3.82. The lowest BCUT2D eigenvalue weighted by atomic mass is 9.93. The summed E-state index contributed by atoms with van der Waals surface area (Å²) in [6.07, 6.45) is 0. The van der Waals surface area contributed by atoms with Gasteiger partial charge in [0.2, 0.25) is 0 Å². The molecule has 1 atom stereocenters. The van der Waals surface area contributed by atoms with Crippen LogP contribution in [0.1, 0.15) is 25.5 Å². The Morgan fingerprint density at radius 1 is 1.04 bits per heavy atom. The minimum Gasteiger partial charge on any atom is -0.457 e. The summed E-state index contributed by atoms with van der Waals surface area (Å²) >= 11 is 0. The second kappa shape index (κ2) is 6.58. The smallest absolute Gasteiger partial charge is 0.319 e. The summed E-state index contributed by atoms with van der Waals surface area (Å²) in [6, 6.07) is 16.0. The molecule has 2 aromatic rings. The van der Waals surface area contributed by atoms with E-state index < -0.39 is 6.04 Å². The first kappa shape index (κ1) is 15.8. The number of carbonyl (C=O) groups is 2. The van der Waals surface area contributed by atoms with Crippen LogP contribution in [0.5, 0.6) is 11.5 Å². The molecule has 24 heavy (non-hydrogen) atoms. The van der Waals surface area contributed by atoms with Crippen molar-refractivity contribution in [3.05, 3.63) is 71.4 Å². The number of allylic oxidation sites excluding steroid dienone is 1. The fourth-order valence-electron chi connectivity index (χ4n) is 2.79. The zero-order valence-corrected chi connectivity index (χ0v) is 13.5. The van der Waals surface area contributed by atoms with E-state index in [4.69, 9.17) is 4.74 Å². The number of amides is 2. The lowest BCUT2D eigenvalue weighted by Gasteiger charge is -2.28. The van der Waals surface area contributed by atoms with Crippen LogP contribution in [0.2, 0.25) is 0 Å². The van der Waals surface area contributed by atoms with Gasteiger partial charge in [0.05, 0.1) is 6.04 Å². The van der Waals surface area contributed by atoms with Gasteiger partial charge in [-0.25, -0.2) is 4.79 Å². The Labute approximate surface area is 140 Å². The number of carbonyl (C=O) groups excluding carboxylic acids is 2. The molecule has 1 aliphatic rings. The Bertz CT molecular complexity index is 812. The van der Waals surface area contributed by atoms with Gasteiger partial charge in [-0.05, 0) is 43.7 Å². The van der Waals surface area contributed by atoms with Gasteiger partial charge < -0.3 is 15.4 Å². The van der Waals surface area contributed by atoms with E-state index in [0.29, 0.717) is 17.0 Å². The van der Waals surface area contributed by atoms with Crippen LogP contribution in [0, 0.1) is 0 Å². The number of hydrogen-bond acceptors (Lipinski definition) is 3. The molecule has 5 heteroatoms. The minimum absolute atomic E-state index is 0.0839. The molecule has 1 aliphatic heterocycles. The van der Waals surface area contributed by atoms with Crippen LogP contribution in [0.4, 0.5) is 4.79 Å². The van der Waals surface area contributed by atoms with Crippen molar-refractivity contribution in [2.24, 2.45) is 0 Å². The molecule has 0 saturated carbocycles. The summed E-state index contributed by atoms with van der Waals surface area (Å²) in [7, 11) is 0. The van der Waals surface area contributed by atoms with Crippen molar-refractivity contribution in [3.8, 4) is 11.5 Å². The molecule has 0 aliphatic carbocycles. The highest BCUT2D eigenvalue weighted by atomic mass is 16.5. The summed E-state index contributed by atoms with van der Waals surface area (Å²) in [5.41, 5.74) is 1.92. The molecule has 2 N–H and O–H groups in total. The van der Waals surface area contributed by atoms with Gasteiger partial charge in [-0.15, -0.1) is 0 Å². The Morgan fingerprint density at radius 3 is 2.46 bits per heavy atom. The first-order valence-electron chi connectivity index (χ1n) is 7.66. The van der Waals surface area contributed by atoms with Crippen LogP contribution >= 0.6 is 0 Å². The number of urea groups is 1. The number of benzene rings is 2. The summed E-state index contributed by atoms with van der Waals surface area (Å²) in [4.78, 5) is 23.8. The largest absolute Gasteiger partial charge is 0.457 e. The zero-order valence-electron chi connectivity index (χ0n) is 13.5. The third-order valence-electron chi connectivity index (χ3n) is 3.82. The minimum atomic E-state index is -0.490. The molecule has 3 rings (SSSR count). The summed E-state index contributed by atoms with van der Waals surface area (Å²) in [5.74, 6) is 1.29. The van der Waals surface area contributed by atoms with Crippen molar-refractivity contribution >= 4 is 11.8 Å². The molecule has 1 heterocycles. The highest BCUT2D eigenvalue weighted by Crippen LogP contribution is 2.30. The normalized spacial score (nSPS) is 17.1. The van der Waals surface area contributed by atoms with Crippen LogP contribution in [0.25, 0.3) is 0 Å². The van der Waals surface area contributed by atoms with Gasteiger partial charge in [0.1, 0.15) is 11.5 Å². The highest BCUT2D eigenvalue weighted by molar-refractivity contribution is 5.98. The van der Waals surface area contributed by atoms with Gasteiger partial charge in [-0.2, -0.15) is 0 Å². The second-order valence-electron chi connectivity index (χ2n) is 5.61. The fraction of sp³-hybridized carbons (Fsp3) is 0.158. The average Bonchev–Trinajstić information content (AvgIpc) is 2.55.